The van der Waals surface area contributed by atoms with Crippen LogP contribution >= 0.6 is 0 Å². The van der Waals surface area contributed by atoms with Crippen molar-refractivity contribution in [2.75, 3.05) is 11.5 Å². The number of imide groups is 1. The monoisotopic (exact) mass is 309 g/mol. The smallest absolute Gasteiger partial charge is 0.238 e. The zero-order chi connectivity index (χ0) is 15.8. The zero-order valence-corrected chi connectivity index (χ0v) is 13.1. The van der Waals surface area contributed by atoms with Gasteiger partial charge >= 0.3 is 0 Å². The van der Waals surface area contributed by atoms with Crippen LogP contribution in [0, 0.1) is 29.1 Å². The molecule has 1 aromatic rings. The zero-order valence-electron chi connectivity index (χ0n) is 13.1. The van der Waals surface area contributed by atoms with E-state index in [0.29, 0.717) is 18.0 Å². The van der Waals surface area contributed by atoms with Gasteiger partial charge in [0.15, 0.2) is 0 Å². The molecule has 1 spiro atoms. The Bertz CT molecular complexity index is 715. The fraction of sp³-hybridized carbons (Fsp3) is 0.474. The van der Waals surface area contributed by atoms with Crippen LogP contribution in [0.4, 0.5) is 5.69 Å². The largest absolute Gasteiger partial charge is 0.492 e. The molecule has 118 valence electrons. The molecule has 4 heteroatoms. The third-order valence-corrected chi connectivity index (χ3v) is 6.26. The van der Waals surface area contributed by atoms with Crippen molar-refractivity contribution in [2.24, 2.45) is 29.1 Å². The second-order valence-corrected chi connectivity index (χ2v) is 7.13. The fourth-order valence-electron chi connectivity index (χ4n) is 5.24. The lowest BCUT2D eigenvalue weighted by Gasteiger charge is -2.23. The summed E-state index contributed by atoms with van der Waals surface area (Å²) in [5.74, 6) is 0.754. The number of rotatable bonds is 3. The predicted octanol–water partition coefficient (Wildman–Crippen LogP) is 2.79. The maximum absolute atomic E-state index is 13.1. The van der Waals surface area contributed by atoms with Crippen LogP contribution in [-0.4, -0.2) is 18.4 Å². The van der Waals surface area contributed by atoms with Gasteiger partial charge in [-0.3, -0.25) is 9.59 Å². The highest BCUT2D eigenvalue weighted by molar-refractivity contribution is 6.23. The fourth-order valence-corrected chi connectivity index (χ4v) is 5.24. The third kappa shape index (κ3) is 1.47. The highest BCUT2D eigenvalue weighted by atomic mass is 16.5. The number of amides is 2. The Morgan fingerprint density at radius 1 is 1.09 bits per heavy atom. The molecule has 0 unspecified atom stereocenters. The Morgan fingerprint density at radius 3 is 2.26 bits per heavy atom. The third-order valence-electron chi connectivity index (χ3n) is 6.26. The molecule has 3 aliphatic carbocycles. The molecule has 3 fully saturated rings. The number of anilines is 1. The molecule has 4 aliphatic rings. The average molecular weight is 309 g/mol. The lowest BCUT2D eigenvalue weighted by Crippen LogP contribution is -2.35. The summed E-state index contributed by atoms with van der Waals surface area (Å²) in [6.07, 6.45) is 6.72. The van der Waals surface area contributed by atoms with Crippen molar-refractivity contribution in [1.82, 2.24) is 0 Å². The highest BCUT2D eigenvalue weighted by Gasteiger charge is 2.73. The quantitative estimate of drug-likeness (QED) is 0.637. The summed E-state index contributed by atoms with van der Waals surface area (Å²) < 4.78 is 5.63. The van der Waals surface area contributed by atoms with E-state index in [4.69, 9.17) is 4.74 Å². The van der Waals surface area contributed by atoms with Crippen molar-refractivity contribution >= 4 is 17.5 Å². The predicted molar refractivity (Wildman–Crippen MR) is 84.9 cm³/mol. The maximum Gasteiger partial charge on any atom is 0.238 e. The van der Waals surface area contributed by atoms with Gasteiger partial charge in [-0.25, -0.2) is 4.90 Å². The van der Waals surface area contributed by atoms with E-state index in [0.717, 1.165) is 0 Å². The number of hydrogen-bond donors (Lipinski definition) is 0. The summed E-state index contributed by atoms with van der Waals surface area (Å²) in [5.41, 5.74) is 0.842. The van der Waals surface area contributed by atoms with Gasteiger partial charge in [-0.1, -0.05) is 24.3 Å². The molecule has 1 aromatic carbocycles. The first kappa shape index (κ1) is 13.3. The van der Waals surface area contributed by atoms with Gasteiger partial charge in [0.2, 0.25) is 11.8 Å². The number of benzene rings is 1. The molecule has 4 atom stereocenters. The number of allylic oxidation sites excluding steroid dienone is 2. The average Bonchev–Trinajstić information content (AvgIpc) is 3.15. The lowest BCUT2D eigenvalue weighted by molar-refractivity contribution is -0.123. The van der Waals surface area contributed by atoms with E-state index < -0.39 is 0 Å². The Labute approximate surface area is 135 Å². The topological polar surface area (TPSA) is 46.6 Å². The van der Waals surface area contributed by atoms with Crippen LogP contribution in [-0.2, 0) is 9.59 Å². The first-order valence-electron chi connectivity index (χ1n) is 8.47. The van der Waals surface area contributed by atoms with Crippen molar-refractivity contribution < 1.29 is 14.3 Å². The van der Waals surface area contributed by atoms with Crippen molar-refractivity contribution in [3.63, 3.8) is 0 Å². The molecule has 0 aromatic heterocycles. The van der Waals surface area contributed by atoms with E-state index in [1.165, 1.54) is 17.7 Å². The highest BCUT2D eigenvalue weighted by Crippen LogP contribution is 2.73. The molecule has 0 N–H and O–H groups in total. The van der Waals surface area contributed by atoms with E-state index in [1.807, 2.05) is 31.2 Å². The Hall–Kier alpha value is -2.10. The number of fused-ring (bicyclic) bond motifs is 3. The minimum absolute atomic E-state index is 0.0321. The molecule has 23 heavy (non-hydrogen) atoms. The Balaban J connectivity index is 1.56. The Kier molecular flexibility index (Phi) is 2.47. The molecular weight excluding hydrogens is 290 g/mol. The lowest BCUT2D eigenvalue weighted by atomic mass is 9.85. The van der Waals surface area contributed by atoms with Gasteiger partial charge in [-0.15, -0.1) is 0 Å². The summed E-state index contributed by atoms with van der Waals surface area (Å²) in [6, 6.07) is 7.35. The minimum atomic E-state index is -0.158. The van der Waals surface area contributed by atoms with Gasteiger partial charge in [-0.05, 0) is 49.1 Å². The molecule has 5 rings (SSSR count). The van der Waals surface area contributed by atoms with Crippen LogP contribution in [0.15, 0.2) is 36.4 Å². The number of ether oxygens (including phenoxy) is 1. The summed E-state index contributed by atoms with van der Waals surface area (Å²) >= 11 is 0. The van der Waals surface area contributed by atoms with Gasteiger partial charge in [-0.2, -0.15) is 0 Å². The number of carbonyl (C=O) groups is 2. The first-order chi connectivity index (χ1) is 11.2. The molecule has 4 nitrogen and oxygen atoms in total. The summed E-state index contributed by atoms with van der Waals surface area (Å²) in [5, 5.41) is 0. The van der Waals surface area contributed by atoms with Crippen LogP contribution in [0.2, 0.25) is 0 Å². The summed E-state index contributed by atoms with van der Waals surface area (Å²) in [6.45, 7) is 2.41. The van der Waals surface area contributed by atoms with Crippen molar-refractivity contribution in [3.05, 3.63) is 36.4 Å². The molecule has 1 heterocycles. The van der Waals surface area contributed by atoms with Crippen LogP contribution in [0.25, 0.3) is 0 Å². The molecule has 0 radical (unpaired) electrons. The normalized spacial score (nSPS) is 35.3. The van der Waals surface area contributed by atoms with Crippen LogP contribution in [0.5, 0.6) is 5.75 Å². The van der Waals surface area contributed by atoms with Gasteiger partial charge in [0, 0.05) is 0 Å². The van der Waals surface area contributed by atoms with Crippen molar-refractivity contribution in [3.8, 4) is 5.75 Å². The van der Waals surface area contributed by atoms with Gasteiger partial charge in [0.05, 0.1) is 24.1 Å². The van der Waals surface area contributed by atoms with E-state index in [2.05, 4.69) is 12.2 Å². The van der Waals surface area contributed by atoms with E-state index in [1.54, 1.807) is 0 Å². The second kappa shape index (κ2) is 4.25. The number of para-hydroxylation sites is 2. The summed E-state index contributed by atoms with van der Waals surface area (Å²) in [7, 11) is 0. The molecule has 2 bridgehead atoms. The van der Waals surface area contributed by atoms with E-state index >= 15 is 0 Å². The van der Waals surface area contributed by atoms with Gasteiger partial charge in [0.1, 0.15) is 5.75 Å². The van der Waals surface area contributed by atoms with Crippen LogP contribution in [0.3, 0.4) is 0 Å². The number of hydrogen-bond acceptors (Lipinski definition) is 3. The number of nitrogens with zero attached hydrogens (tertiary/aromatic N) is 1. The van der Waals surface area contributed by atoms with Gasteiger partial charge < -0.3 is 4.74 Å². The standard InChI is InChI=1S/C19H19NO3/c1-2-23-14-6-4-3-5-13(14)20-17(21)15-11-7-8-12(16(15)18(20)22)19(11)9-10-19/h3-8,11-12,15-16H,2,9-10H2,1H3/t11-,12-,15-,16-/m0/s1. The van der Waals surface area contributed by atoms with Crippen molar-refractivity contribution in [1.29, 1.82) is 0 Å². The van der Waals surface area contributed by atoms with E-state index in [9.17, 15) is 9.59 Å². The molecule has 1 aliphatic heterocycles. The van der Waals surface area contributed by atoms with Crippen LogP contribution in [0.1, 0.15) is 19.8 Å². The maximum atomic E-state index is 13.1. The SMILES string of the molecule is CCOc1ccccc1N1C(=O)[C@@H]2[C@@H](C1=O)[C@@H]1C=C[C@@H]2C12CC2. The minimum Gasteiger partial charge on any atom is -0.492 e. The van der Waals surface area contributed by atoms with Crippen molar-refractivity contribution in [2.45, 2.75) is 19.8 Å². The van der Waals surface area contributed by atoms with E-state index in [-0.39, 0.29) is 40.9 Å². The molecule has 2 saturated carbocycles. The summed E-state index contributed by atoms with van der Waals surface area (Å²) in [4.78, 5) is 27.5. The molecule has 1 saturated heterocycles. The first-order valence-corrected chi connectivity index (χ1v) is 8.47. The van der Waals surface area contributed by atoms with Gasteiger partial charge in [0.25, 0.3) is 0 Å². The molecule has 2 amide bonds. The van der Waals surface area contributed by atoms with Crippen LogP contribution < -0.4 is 9.64 Å². The Morgan fingerprint density at radius 2 is 1.70 bits per heavy atom. The number of carbonyl (C=O) groups excluding carboxylic acids is 2. The molecular formula is C19H19NO3. The second-order valence-electron chi connectivity index (χ2n) is 7.13.